The molecule has 2 aromatic heterocycles. The number of aromatic amines is 1. The molecule has 15 heteroatoms. The summed E-state index contributed by atoms with van der Waals surface area (Å²) in [4.78, 5) is 22.1. The Morgan fingerprint density at radius 3 is 2.93 bits per heavy atom. The molecule has 0 spiro atoms. The van der Waals surface area contributed by atoms with Gasteiger partial charge in [0.25, 0.3) is 12.0 Å². The van der Waals surface area contributed by atoms with Crippen LogP contribution in [0, 0.1) is 0 Å². The fourth-order valence-electron chi connectivity index (χ4n) is 3.32. The molecule has 0 aliphatic carbocycles. The molecule has 0 saturated carbocycles. The molecule has 4 rings (SSSR count). The van der Waals surface area contributed by atoms with E-state index in [1.807, 2.05) is 0 Å². The third-order valence-corrected chi connectivity index (χ3v) is 6.99. The predicted octanol–water partition coefficient (Wildman–Crippen LogP) is 0.660. The van der Waals surface area contributed by atoms with Gasteiger partial charge in [0.15, 0.2) is 23.0 Å². The molecule has 160 valence electrons. The molecular formula is C14H18F2N5O6PS. The maximum atomic E-state index is 14.0. The number of nitrogens with two attached hydrogens (primary N) is 1. The van der Waals surface area contributed by atoms with Crippen molar-refractivity contribution in [1.82, 2.24) is 19.5 Å². The van der Waals surface area contributed by atoms with Gasteiger partial charge in [0, 0.05) is 0 Å². The molecule has 0 radical (unpaired) electrons. The first-order chi connectivity index (χ1) is 13.6. The van der Waals surface area contributed by atoms with Gasteiger partial charge in [-0.2, -0.15) is 4.98 Å². The van der Waals surface area contributed by atoms with Gasteiger partial charge in [0.05, 0.1) is 19.0 Å². The van der Waals surface area contributed by atoms with Crippen LogP contribution in [-0.2, 0) is 30.1 Å². The number of H-pyrrole nitrogens is 1. The van der Waals surface area contributed by atoms with Crippen LogP contribution in [0.2, 0.25) is 0 Å². The summed E-state index contributed by atoms with van der Waals surface area (Å²) in [6.07, 6.45) is -6.87. The van der Waals surface area contributed by atoms with Crippen molar-refractivity contribution in [1.29, 1.82) is 0 Å². The Balaban J connectivity index is 1.76. The van der Waals surface area contributed by atoms with Gasteiger partial charge in [0.1, 0.15) is 12.2 Å². The second-order valence-corrected chi connectivity index (χ2v) is 9.85. The Bertz CT molecular complexity index is 1050. The normalized spacial score (nSPS) is 34.9. The first kappa shape index (κ1) is 20.7. The molecule has 4 N–H and O–H groups in total. The average molecular weight is 453 g/mol. The molecule has 0 aromatic carbocycles. The van der Waals surface area contributed by atoms with Crippen LogP contribution in [0.25, 0.3) is 11.2 Å². The first-order valence-electron chi connectivity index (χ1n) is 8.54. The van der Waals surface area contributed by atoms with Crippen molar-refractivity contribution >= 4 is 35.6 Å². The molecule has 29 heavy (non-hydrogen) atoms. The molecule has 2 aliphatic heterocycles. The van der Waals surface area contributed by atoms with Crippen LogP contribution in [0.4, 0.5) is 14.7 Å². The minimum Gasteiger partial charge on any atom is -0.386 e. The number of nitrogens with one attached hydrogen (secondary N) is 1. The van der Waals surface area contributed by atoms with Crippen molar-refractivity contribution in [2.45, 2.75) is 50.4 Å². The summed E-state index contributed by atoms with van der Waals surface area (Å²) in [6.45, 7) is -0.653. The Morgan fingerprint density at radius 1 is 1.55 bits per heavy atom. The molecule has 1 unspecified atom stereocenters. The molecule has 2 saturated heterocycles. The lowest BCUT2D eigenvalue weighted by Crippen LogP contribution is -2.56. The Hall–Kier alpha value is -1.54. The van der Waals surface area contributed by atoms with Gasteiger partial charge < -0.3 is 24.6 Å². The minimum absolute atomic E-state index is 0.0443. The SMILES string of the molecule is CC(C)OP1(=S)OC[C@@]2(C(F)F)O[C@@H](n3cnc4c(=O)[nH]c(N)nc43)[C@@H](O)[C@@H]2O1. The Kier molecular flexibility index (Phi) is 5.01. The number of imidazole rings is 1. The van der Waals surface area contributed by atoms with Crippen molar-refractivity contribution in [3.05, 3.63) is 16.7 Å². The third-order valence-electron chi connectivity index (χ3n) is 4.55. The highest BCUT2D eigenvalue weighted by Crippen LogP contribution is 2.61. The van der Waals surface area contributed by atoms with E-state index in [1.54, 1.807) is 13.8 Å². The number of fused-ring (bicyclic) bond motifs is 2. The fourth-order valence-corrected chi connectivity index (χ4v) is 5.90. The van der Waals surface area contributed by atoms with E-state index in [9.17, 15) is 18.7 Å². The van der Waals surface area contributed by atoms with E-state index in [0.29, 0.717) is 0 Å². The van der Waals surface area contributed by atoms with E-state index in [0.717, 1.165) is 10.9 Å². The highest BCUT2D eigenvalue weighted by atomic mass is 32.5. The highest BCUT2D eigenvalue weighted by Gasteiger charge is 2.66. The number of aliphatic hydroxyl groups is 1. The number of aliphatic hydroxyl groups excluding tert-OH is 1. The van der Waals surface area contributed by atoms with E-state index < -0.39 is 49.3 Å². The standard InChI is InChI=1S/C14H18F2N5O6PS/c1-5(2)26-28(29)24-3-14(12(15)16)8(27-28)7(22)11(25-14)21-4-18-6-9(21)19-13(17)20-10(6)23/h4-5,7-8,11-12,22H,3H2,1-2H3,(H3,17,19,20,23)/t7-,8-,11+,14+,28?/m0/s1. The summed E-state index contributed by atoms with van der Waals surface area (Å²) in [5, 5.41) is 10.8. The number of rotatable bonds is 4. The lowest BCUT2D eigenvalue weighted by atomic mass is 9.96. The molecule has 2 fully saturated rings. The molecule has 2 aromatic rings. The van der Waals surface area contributed by atoms with Crippen LogP contribution < -0.4 is 11.3 Å². The van der Waals surface area contributed by atoms with Gasteiger partial charge in [-0.3, -0.25) is 18.9 Å². The van der Waals surface area contributed by atoms with Crippen LogP contribution in [0.15, 0.2) is 11.1 Å². The minimum atomic E-state index is -3.38. The number of hydrogen-bond acceptors (Lipinski definition) is 10. The number of aromatic nitrogens is 4. The van der Waals surface area contributed by atoms with Gasteiger partial charge in [-0.15, -0.1) is 0 Å². The van der Waals surface area contributed by atoms with Gasteiger partial charge in [-0.05, 0) is 25.7 Å². The van der Waals surface area contributed by atoms with E-state index in [2.05, 4.69) is 15.0 Å². The van der Waals surface area contributed by atoms with E-state index in [4.69, 9.17) is 35.8 Å². The molecule has 0 amide bonds. The summed E-state index contributed by atoms with van der Waals surface area (Å²) in [5.41, 5.74) is 2.50. The van der Waals surface area contributed by atoms with E-state index >= 15 is 0 Å². The number of nitrogen functional groups attached to an aromatic ring is 1. The summed E-state index contributed by atoms with van der Waals surface area (Å²) in [7, 11) is 0. The Morgan fingerprint density at radius 2 is 2.28 bits per heavy atom. The monoisotopic (exact) mass is 453 g/mol. The van der Waals surface area contributed by atoms with Crippen molar-refractivity contribution in [3.8, 4) is 0 Å². The number of ether oxygens (including phenoxy) is 1. The smallest absolute Gasteiger partial charge is 0.328 e. The summed E-state index contributed by atoms with van der Waals surface area (Å²) in [5.74, 6) is -0.210. The molecule has 11 nitrogen and oxygen atoms in total. The first-order valence-corrected chi connectivity index (χ1v) is 11.1. The summed E-state index contributed by atoms with van der Waals surface area (Å²) in [6, 6.07) is 0. The average Bonchev–Trinajstić information content (AvgIpc) is 3.14. The zero-order valence-electron chi connectivity index (χ0n) is 15.2. The molecule has 5 atom stereocenters. The zero-order chi connectivity index (χ0) is 21.1. The van der Waals surface area contributed by atoms with Crippen LogP contribution >= 0.6 is 6.72 Å². The van der Waals surface area contributed by atoms with Gasteiger partial charge >= 0.3 is 6.72 Å². The number of anilines is 1. The van der Waals surface area contributed by atoms with Crippen molar-refractivity contribution in [2.75, 3.05) is 12.3 Å². The molecular weight excluding hydrogens is 435 g/mol. The van der Waals surface area contributed by atoms with Crippen LogP contribution in [0.1, 0.15) is 20.1 Å². The lowest BCUT2D eigenvalue weighted by molar-refractivity contribution is -0.204. The molecule has 4 heterocycles. The summed E-state index contributed by atoms with van der Waals surface area (Å²) < 4.78 is 51.1. The fraction of sp³-hybridized carbons (Fsp3) is 0.643. The topological polar surface area (TPSA) is 147 Å². The van der Waals surface area contributed by atoms with Crippen LogP contribution in [0.5, 0.6) is 0 Å². The Labute approximate surface area is 167 Å². The lowest BCUT2D eigenvalue weighted by Gasteiger charge is -2.41. The van der Waals surface area contributed by atoms with Gasteiger partial charge in [-0.25, -0.2) is 13.8 Å². The summed E-state index contributed by atoms with van der Waals surface area (Å²) >= 11 is 5.23. The van der Waals surface area contributed by atoms with E-state index in [-0.39, 0.29) is 23.2 Å². The van der Waals surface area contributed by atoms with Crippen LogP contribution in [-0.4, -0.2) is 61.6 Å². The number of alkyl halides is 2. The van der Waals surface area contributed by atoms with Gasteiger partial charge in [0.2, 0.25) is 5.95 Å². The highest BCUT2D eigenvalue weighted by molar-refractivity contribution is 8.07. The third kappa shape index (κ3) is 3.28. The second-order valence-electron chi connectivity index (χ2n) is 6.93. The zero-order valence-corrected chi connectivity index (χ0v) is 16.9. The predicted molar refractivity (Wildman–Crippen MR) is 98.8 cm³/mol. The quantitative estimate of drug-likeness (QED) is 0.564. The number of nitrogens with zero attached hydrogens (tertiary/aromatic N) is 3. The van der Waals surface area contributed by atoms with E-state index in [1.165, 1.54) is 0 Å². The molecule has 0 bridgehead atoms. The van der Waals surface area contributed by atoms with Gasteiger partial charge in [-0.1, -0.05) is 0 Å². The maximum absolute atomic E-state index is 14.0. The molecule has 2 aliphatic rings. The van der Waals surface area contributed by atoms with Crippen molar-refractivity contribution < 1.29 is 32.2 Å². The second kappa shape index (κ2) is 7.01. The largest absolute Gasteiger partial charge is 0.386 e. The maximum Gasteiger partial charge on any atom is 0.328 e. The number of hydrogen-bond donors (Lipinski definition) is 3. The van der Waals surface area contributed by atoms with Crippen molar-refractivity contribution in [3.63, 3.8) is 0 Å². The van der Waals surface area contributed by atoms with Crippen molar-refractivity contribution in [2.24, 2.45) is 0 Å². The van der Waals surface area contributed by atoms with Crippen LogP contribution in [0.3, 0.4) is 0 Å². The number of halogens is 2.